The first-order valence-corrected chi connectivity index (χ1v) is 6.82. The van der Waals surface area contributed by atoms with Crippen molar-refractivity contribution in [2.75, 3.05) is 6.61 Å². The van der Waals surface area contributed by atoms with Gasteiger partial charge < -0.3 is 15.7 Å². The molecule has 1 aromatic rings. The molecule has 1 atom stereocenters. The van der Waals surface area contributed by atoms with Gasteiger partial charge in [0.05, 0.1) is 12.6 Å². The second-order valence-electron chi connectivity index (χ2n) is 4.81. The van der Waals surface area contributed by atoms with Crippen molar-refractivity contribution < 1.29 is 19.8 Å². The molecule has 1 rings (SSSR count). The average Bonchev–Trinajstić information content (AvgIpc) is 2.44. The number of ketones is 1. The zero-order valence-electron chi connectivity index (χ0n) is 11.7. The molecule has 0 amide bonds. The van der Waals surface area contributed by atoms with Crippen LogP contribution in [-0.2, 0) is 16.1 Å². The number of unbranched alkanes of at least 4 members (excludes halogenated alkanes) is 2. The minimum atomic E-state index is -0.821. The molecular weight excluding hydrogens is 276 g/mol. The van der Waals surface area contributed by atoms with Gasteiger partial charge in [-0.1, -0.05) is 18.6 Å². The number of carbonyl (C=O) groups excluding carboxylic acids is 1. The number of phenols is 1. The number of nitrogens with zero attached hydrogens (tertiary/aromatic N) is 1. The van der Waals surface area contributed by atoms with E-state index in [1.54, 1.807) is 24.3 Å². The van der Waals surface area contributed by atoms with Gasteiger partial charge in [0, 0.05) is 6.42 Å². The second kappa shape index (κ2) is 8.91. The highest BCUT2D eigenvalue weighted by Gasteiger charge is 2.13. The molecule has 0 radical (unpaired) electrons. The van der Waals surface area contributed by atoms with Crippen molar-refractivity contribution in [2.24, 2.45) is 5.73 Å². The van der Waals surface area contributed by atoms with Crippen molar-refractivity contribution in [3.63, 3.8) is 0 Å². The molecule has 0 saturated carbocycles. The summed E-state index contributed by atoms with van der Waals surface area (Å²) >= 11 is 0. The highest BCUT2D eigenvalue weighted by Crippen LogP contribution is 2.12. The molecule has 0 aliphatic heterocycles. The molecule has 1 unspecified atom stereocenters. The van der Waals surface area contributed by atoms with E-state index in [4.69, 9.17) is 5.73 Å². The van der Waals surface area contributed by atoms with Gasteiger partial charge in [-0.05, 0) is 37.0 Å². The number of Topliss-reactive ketones (excluding diaryl/α,β-unsaturated/α-hetero) is 1. The van der Waals surface area contributed by atoms with Gasteiger partial charge >= 0.3 is 0 Å². The van der Waals surface area contributed by atoms with E-state index in [0.29, 0.717) is 32.1 Å². The van der Waals surface area contributed by atoms with Gasteiger partial charge in [0.25, 0.3) is 5.09 Å². The first-order chi connectivity index (χ1) is 9.99. The average molecular weight is 296 g/mol. The normalized spacial score (nSPS) is 11.9. The zero-order chi connectivity index (χ0) is 15.7. The Labute approximate surface area is 122 Å². The van der Waals surface area contributed by atoms with Crippen LogP contribution in [0.4, 0.5) is 0 Å². The van der Waals surface area contributed by atoms with Gasteiger partial charge in [0.15, 0.2) is 0 Å². The van der Waals surface area contributed by atoms with Crippen LogP contribution in [0.2, 0.25) is 0 Å². The molecule has 0 fully saturated rings. The standard InChI is InChI=1S/C14H20N2O5/c15-13(10-11-5-7-12(17)8-6-11)14(18)4-2-1-3-9-21-16(19)20/h5-8,13,17H,1-4,9-10,15H2. The molecule has 3 N–H and O–H groups in total. The molecular formula is C14H20N2O5. The Kier molecular flexibility index (Phi) is 7.17. The molecule has 1 aromatic carbocycles. The van der Waals surface area contributed by atoms with Crippen LogP contribution in [0.1, 0.15) is 31.2 Å². The topological polar surface area (TPSA) is 116 Å². The van der Waals surface area contributed by atoms with Gasteiger partial charge in [-0.25, -0.2) is 0 Å². The van der Waals surface area contributed by atoms with Crippen LogP contribution in [0, 0.1) is 10.1 Å². The lowest BCUT2D eigenvalue weighted by Crippen LogP contribution is -2.32. The number of rotatable bonds is 10. The molecule has 0 saturated heterocycles. The number of hydrogen-bond acceptors (Lipinski definition) is 6. The quantitative estimate of drug-likeness (QED) is 0.385. The van der Waals surface area contributed by atoms with Crippen LogP contribution < -0.4 is 5.73 Å². The highest BCUT2D eigenvalue weighted by molar-refractivity contribution is 5.84. The van der Waals surface area contributed by atoms with Crippen molar-refractivity contribution >= 4 is 5.78 Å². The number of nitrogens with two attached hydrogens (primary N) is 1. The van der Waals surface area contributed by atoms with Gasteiger partial charge in [-0.3, -0.25) is 4.79 Å². The van der Waals surface area contributed by atoms with Crippen LogP contribution in [-0.4, -0.2) is 28.6 Å². The van der Waals surface area contributed by atoms with E-state index in [9.17, 15) is 20.0 Å². The molecule has 0 aromatic heterocycles. The summed E-state index contributed by atoms with van der Waals surface area (Å²) in [6.45, 7) is 0.0563. The van der Waals surface area contributed by atoms with Crippen molar-refractivity contribution in [2.45, 2.75) is 38.1 Å². The van der Waals surface area contributed by atoms with E-state index in [0.717, 1.165) is 5.56 Å². The first kappa shape index (κ1) is 16.9. The molecule has 7 nitrogen and oxygen atoms in total. The van der Waals surface area contributed by atoms with Crippen molar-refractivity contribution in [1.82, 2.24) is 0 Å². The summed E-state index contributed by atoms with van der Waals surface area (Å²) in [5, 5.41) is 18.3. The minimum absolute atomic E-state index is 0.0294. The smallest absolute Gasteiger partial charge is 0.294 e. The van der Waals surface area contributed by atoms with Crippen LogP contribution >= 0.6 is 0 Å². The molecule has 0 heterocycles. The third kappa shape index (κ3) is 7.26. The monoisotopic (exact) mass is 296 g/mol. The number of phenolic OH excluding ortho intramolecular Hbond substituents is 1. The Bertz CT molecular complexity index is 461. The fourth-order valence-corrected chi connectivity index (χ4v) is 1.90. The fourth-order valence-electron chi connectivity index (χ4n) is 1.90. The summed E-state index contributed by atoms with van der Waals surface area (Å²) in [4.78, 5) is 25.9. The Morgan fingerprint density at radius 3 is 2.57 bits per heavy atom. The Morgan fingerprint density at radius 1 is 1.29 bits per heavy atom. The number of aromatic hydroxyl groups is 1. The molecule has 0 aliphatic rings. The van der Waals surface area contributed by atoms with Crippen molar-refractivity contribution in [3.8, 4) is 5.75 Å². The maximum atomic E-state index is 11.8. The SMILES string of the molecule is NC(Cc1ccc(O)cc1)C(=O)CCCCCO[N+](=O)[O-]. The highest BCUT2D eigenvalue weighted by atomic mass is 16.9. The summed E-state index contributed by atoms with van der Waals surface area (Å²) in [6.07, 6.45) is 2.66. The van der Waals surface area contributed by atoms with E-state index in [1.807, 2.05) is 0 Å². The van der Waals surface area contributed by atoms with Crippen LogP contribution in [0.25, 0.3) is 0 Å². The van der Waals surface area contributed by atoms with Crippen LogP contribution in [0.15, 0.2) is 24.3 Å². The molecule has 0 bridgehead atoms. The van der Waals surface area contributed by atoms with E-state index in [2.05, 4.69) is 4.84 Å². The Morgan fingerprint density at radius 2 is 1.95 bits per heavy atom. The van der Waals surface area contributed by atoms with Gasteiger partial charge in [-0.2, -0.15) is 0 Å². The summed E-state index contributed by atoms with van der Waals surface area (Å²) in [5.74, 6) is 0.147. The van der Waals surface area contributed by atoms with Gasteiger partial charge in [-0.15, -0.1) is 10.1 Å². The summed E-state index contributed by atoms with van der Waals surface area (Å²) < 4.78 is 0. The molecule has 7 heteroatoms. The number of hydrogen-bond donors (Lipinski definition) is 2. The van der Waals surface area contributed by atoms with Gasteiger partial charge in [0.1, 0.15) is 11.5 Å². The zero-order valence-corrected chi connectivity index (χ0v) is 11.7. The summed E-state index contributed by atoms with van der Waals surface area (Å²) in [7, 11) is 0. The van der Waals surface area contributed by atoms with E-state index < -0.39 is 11.1 Å². The lowest BCUT2D eigenvalue weighted by Gasteiger charge is -2.10. The van der Waals surface area contributed by atoms with Crippen LogP contribution in [0.3, 0.4) is 0 Å². The molecule has 0 aliphatic carbocycles. The lowest BCUT2D eigenvalue weighted by atomic mass is 9.99. The fraction of sp³-hybridized carbons (Fsp3) is 0.500. The summed E-state index contributed by atoms with van der Waals surface area (Å²) in [5.41, 5.74) is 6.74. The van der Waals surface area contributed by atoms with E-state index >= 15 is 0 Å². The maximum absolute atomic E-state index is 11.8. The van der Waals surface area contributed by atoms with Crippen molar-refractivity contribution in [1.29, 1.82) is 0 Å². The third-order valence-corrected chi connectivity index (χ3v) is 3.07. The van der Waals surface area contributed by atoms with Gasteiger partial charge in [0.2, 0.25) is 0 Å². The predicted molar refractivity (Wildman–Crippen MR) is 76.2 cm³/mol. The van der Waals surface area contributed by atoms with Crippen LogP contribution in [0.5, 0.6) is 5.75 Å². The molecule has 21 heavy (non-hydrogen) atoms. The number of benzene rings is 1. The van der Waals surface area contributed by atoms with E-state index in [1.165, 1.54) is 0 Å². The second-order valence-corrected chi connectivity index (χ2v) is 4.81. The minimum Gasteiger partial charge on any atom is -0.508 e. The number of carbonyl (C=O) groups is 1. The largest absolute Gasteiger partial charge is 0.508 e. The van der Waals surface area contributed by atoms with Crippen molar-refractivity contribution in [3.05, 3.63) is 39.9 Å². The Hall–Kier alpha value is -2.15. The first-order valence-electron chi connectivity index (χ1n) is 6.82. The third-order valence-electron chi connectivity index (χ3n) is 3.07. The summed E-state index contributed by atoms with van der Waals surface area (Å²) in [6, 6.07) is 6.02. The van der Waals surface area contributed by atoms with E-state index in [-0.39, 0.29) is 18.1 Å². The molecule has 0 spiro atoms. The lowest BCUT2D eigenvalue weighted by molar-refractivity contribution is -0.757. The molecule has 116 valence electrons. The Balaban J connectivity index is 2.19. The predicted octanol–water partition coefficient (Wildman–Crippen LogP) is 1.60. The maximum Gasteiger partial charge on any atom is 0.294 e.